The Balaban J connectivity index is 1.90. The molecular weight excluding hydrogens is 403 g/mol. The monoisotopic (exact) mass is 422 g/mol. The average Bonchev–Trinajstić information content (AvgIpc) is 2.76. The maximum absolute atomic E-state index is 7.39. The van der Waals surface area contributed by atoms with Gasteiger partial charge in [-0.3, -0.25) is 0 Å². The fourth-order valence-electron chi connectivity index (χ4n) is 2.86. The molecule has 4 aromatic rings. The van der Waals surface area contributed by atoms with Crippen LogP contribution in [-0.2, 0) is 0 Å². The van der Waals surface area contributed by atoms with E-state index in [1.165, 1.54) is 0 Å². The van der Waals surface area contributed by atoms with Gasteiger partial charge >= 0.3 is 175 Å². The van der Waals surface area contributed by atoms with Gasteiger partial charge in [0.1, 0.15) is 0 Å². The number of hydrogen-bond donors (Lipinski definition) is 0. The van der Waals surface area contributed by atoms with Crippen molar-refractivity contribution < 1.29 is 13.6 Å². The first-order chi connectivity index (χ1) is 14.1. The van der Waals surface area contributed by atoms with Crippen molar-refractivity contribution in [3.63, 3.8) is 0 Å². The summed E-state index contributed by atoms with van der Waals surface area (Å²) >= 11 is 7.39. The normalized spacial score (nSPS) is 12.4. The Bertz CT molecular complexity index is 940. The number of hydrogen-bond acceptors (Lipinski definition) is 3. The zero-order valence-electron chi connectivity index (χ0n) is 15.6. The molecule has 0 atom stereocenters. The second-order valence-corrected chi connectivity index (χ2v) is 10.7. The quantitative estimate of drug-likeness (QED) is 0.300. The van der Waals surface area contributed by atoms with Crippen molar-refractivity contribution in [1.29, 1.82) is 0 Å². The molecule has 0 unspecified atom stereocenters. The van der Waals surface area contributed by atoms with Gasteiger partial charge in [0.2, 0.25) is 0 Å². The number of benzene rings is 4. The summed E-state index contributed by atoms with van der Waals surface area (Å²) in [6.07, 6.45) is 0. The molecule has 5 heteroatoms. The molecule has 146 valence electrons. The number of halogens is 1. The van der Waals surface area contributed by atoms with Crippen LogP contribution in [0.15, 0.2) is 121 Å². The molecule has 4 rings (SSSR count). The molecule has 0 N–H and O–H groups in total. The molecule has 0 aromatic heterocycles. The predicted octanol–water partition coefficient (Wildman–Crippen LogP) is 7.00. The van der Waals surface area contributed by atoms with Gasteiger partial charge < -0.3 is 0 Å². The molecule has 0 heterocycles. The van der Waals surface area contributed by atoms with Crippen LogP contribution in [0.1, 0.15) is 0 Å². The van der Waals surface area contributed by atoms with Gasteiger partial charge in [0.15, 0.2) is 0 Å². The van der Waals surface area contributed by atoms with E-state index in [4.69, 9.17) is 24.8 Å². The molecule has 0 fully saturated rings. The Morgan fingerprint density at radius 2 is 0.690 bits per heavy atom. The van der Waals surface area contributed by atoms with Crippen molar-refractivity contribution in [2.45, 2.75) is 0 Å². The van der Waals surface area contributed by atoms with Gasteiger partial charge in [-0.25, -0.2) is 0 Å². The second kappa shape index (κ2) is 8.16. The van der Waals surface area contributed by atoms with Gasteiger partial charge in [-0.15, -0.1) is 0 Å². The van der Waals surface area contributed by atoms with E-state index in [0.717, 1.165) is 0 Å². The summed E-state index contributed by atoms with van der Waals surface area (Å²) in [6, 6.07) is 37.4. The van der Waals surface area contributed by atoms with Crippen LogP contribution in [0, 0.1) is 0 Å². The summed E-state index contributed by atoms with van der Waals surface area (Å²) in [4.78, 5) is 0. The molecule has 0 aliphatic heterocycles. The third-order valence-corrected chi connectivity index (χ3v) is 8.07. The molecule has 0 saturated heterocycles. The Kier molecular flexibility index (Phi) is 5.44. The Morgan fingerprint density at radius 1 is 0.414 bits per heavy atom. The average molecular weight is 423 g/mol. The summed E-state index contributed by atoms with van der Waals surface area (Å²) in [7, 11) is 0. The molecule has 0 spiro atoms. The third-order valence-electron chi connectivity index (χ3n) is 4.18. The van der Waals surface area contributed by atoms with E-state index in [1.807, 2.05) is 121 Å². The summed E-state index contributed by atoms with van der Waals surface area (Å²) in [5.41, 5.74) is 0. The molecule has 0 amide bonds. The first kappa shape index (κ1) is 19.3. The van der Waals surface area contributed by atoms with E-state index in [2.05, 4.69) is 0 Å². The zero-order chi connectivity index (χ0) is 20.0. The summed E-state index contributed by atoms with van der Waals surface area (Å²) < 4.78 is 19.3. The first-order valence-electron chi connectivity index (χ1n) is 9.20. The van der Waals surface area contributed by atoms with E-state index in [0.29, 0.717) is 22.6 Å². The topological polar surface area (TPSA) is 27.7 Å². The fraction of sp³-hybridized carbons (Fsp3) is 0. The van der Waals surface area contributed by atoms with Crippen LogP contribution in [0.4, 0.5) is 0 Å². The standard InChI is InChI=1S/C24H20ClO3P/c25-29(24-19-11-4-12-20-24,26-21-13-5-1-6-14-21,27-22-15-7-2-8-16-22)28-23-17-9-3-10-18-23/h1-20H. The van der Waals surface area contributed by atoms with Crippen LogP contribution in [-0.4, -0.2) is 0 Å². The molecular formula is C24H20ClO3P. The van der Waals surface area contributed by atoms with Crippen molar-refractivity contribution in [2.75, 3.05) is 0 Å². The molecule has 0 bridgehead atoms. The molecule has 4 aromatic carbocycles. The number of para-hydroxylation sites is 3. The van der Waals surface area contributed by atoms with E-state index in [-0.39, 0.29) is 0 Å². The molecule has 29 heavy (non-hydrogen) atoms. The van der Waals surface area contributed by atoms with Crippen molar-refractivity contribution in [2.24, 2.45) is 0 Å². The van der Waals surface area contributed by atoms with Gasteiger partial charge in [-0.2, -0.15) is 0 Å². The van der Waals surface area contributed by atoms with Crippen LogP contribution in [0.2, 0.25) is 0 Å². The van der Waals surface area contributed by atoms with Crippen molar-refractivity contribution >= 4 is 23.2 Å². The number of rotatable bonds is 7. The second-order valence-electron chi connectivity index (χ2n) is 6.34. The van der Waals surface area contributed by atoms with Crippen LogP contribution in [0.3, 0.4) is 0 Å². The van der Waals surface area contributed by atoms with Crippen molar-refractivity contribution in [1.82, 2.24) is 0 Å². The molecule has 0 aliphatic rings. The van der Waals surface area contributed by atoms with Crippen molar-refractivity contribution in [3.8, 4) is 17.2 Å². The summed E-state index contributed by atoms with van der Waals surface area (Å²) in [5, 5.41) is 0.622. The zero-order valence-corrected chi connectivity index (χ0v) is 17.2. The van der Waals surface area contributed by atoms with Crippen LogP contribution >= 0.6 is 17.9 Å². The predicted molar refractivity (Wildman–Crippen MR) is 120 cm³/mol. The van der Waals surface area contributed by atoms with E-state index in [1.54, 1.807) is 0 Å². The van der Waals surface area contributed by atoms with Gasteiger partial charge in [0, 0.05) is 0 Å². The molecule has 0 saturated carbocycles. The SMILES string of the molecule is ClP(Oc1ccccc1)(Oc1ccccc1)(Oc1ccccc1)c1ccccc1. The van der Waals surface area contributed by atoms with Gasteiger partial charge in [0.25, 0.3) is 0 Å². The fourth-order valence-corrected chi connectivity index (χ4v) is 6.43. The minimum atomic E-state index is -4.43. The molecule has 0 aliphatic carbocycles. The van der Waals surface area contributed by atoms with Crippen LogP contribution in [0.5, 0.6) is 17.2 Å². The third kappa shape index (κ3) is 4.37. The Hall–Kier alpha value is -3.00. The van der Waals surface area contributed by atoms with Crippen LogP contribution in [0.25, 0.3) is 0 Å². The van der Waals surface area contributed by atoms with E-state index < -0.39 is 6.64 Å². The van der Waals surface area contributed by atoms with Gasteiger partial charge in [-0.05, 0) is 0 Å². The van der Waals surface area contributed by atoms with Crippen molar-refractivity contribution in [3.05, 3.63) is 121 Å². The molecule has 0 radical (unpaired) electrons. The maximum atomic E-state index is 7.39. The molecule has 3 nitrogen and oxygen atoms in total. The first-order valence-corrected chi connectivity index (χ1v) is 12.1. The minimum absolute atomic E-state index is 0.552. The summed E-state index contributed by atoms with van der Waals surface area (Å²) in [5.74, 6) is 1.66. The Morgan fingerprint density at radius 3 is 1.00 bits per heavy atom. The Labute approximate surface area is 175 Å². The van der Waals surface area contributed by atoms with Gasteiger partial charge in [0.05, 0.1) is 0 Å². The van der Waals surface area contributed by atoms with E-state index >= 15 is 0 Å². The van der Waals surface area contributed by atoms with Gasteiger partial charge in [-0.1, -0.05) is 0 Å². The van der Waals surface area contributed by atoms with Crippen LogP contribution < -0.4 is 18.9 Å². The summed E-state index contributed by atoms with van der Waals surface area (Å²) in [6.45, 7) is -4.43. The van der Waals surface area contributed by atoms with E-state index in [9.17, 15) is 0 Å².